The molecule has 0 fully saturated rings. The normalized spacial score (nSPS) is 13.3. The van der Waals surface area contributed by atoms with Gasteiger partial charge in [-0.25, -0.2) is 4.79 Å². The topological polar surface area (TPSA) is 99.1 Å². The Kier molecular flexibility index (Phi) is 35.8. The van der Waals surface area contributed by atoms with Crippen molar-refractivity contribution in [2.24, 2.45) is 0 Å². The number of hydrogen-bond acceptors (Lipinski definition) is 6. The van der Waals surface area contributed by atoms with Gasteiger partial charge in [0, 0.05) is 19.3 Å². The van der Waals surface area contributed by atoms with E-state index in [0.717, 1.165) is 77.0 Å². The molecule has 0 aromatic heterocycles. The molecule has 0 saturated heterocycles. The molecule has 8 nitrogen and oxygen atoms in total. The van der Waals surface area contributed by atoms with Crippen LogP contribution in [0.5, 0.6) is 0 Å². The average molecular weight is 763 g/mol. The van der Waals surface area contributed by atoms with Crippen LogP contribution < -0.4 is 0 Å². The van der Waals surface area contributed by atoms with Gasteiger partial charge in [0.1, 0.15) is 6.61 Å². The van der Waals surface area contributed by atoms with Gasteiger partial charge in [0.05, 0.1) is 34.4 Å². The summed E-state index contributed by atoms with van der Waals surface area (Å²) >= 11 is 0. The Morgan fingerprint density at radius 1 is 0.556 bits per heavy atom. The molecule has 0 spiro atoms. The second kappa shape index (κ2) is 37.5. The van der Waals surface area contributed by atoms with Crippen molar-refractivity contribution in [2.45, 2.75) is 199 Å². The van der Waals surface area contributed by atoms with E-state index >= 15 is 0 Å². The lowest BCUT2D eigenvalue weighted by Crippen LogP contribution is -2.50. The molecular formula is C46H84NO7+. The van der Waals surface area contributed by atoms with Crippen LogP contribution in [0.2, 0.25) is 0 Å². The number of ether oxygens (including phenoxy) is 3. The molecular weight excluding hydrogens is 679 g/mol. The second-order valence-electron chi connectivity index (χ2n) is 15.9. The lowest BCUT2D eigenvalue weighted by atomic mass is 10.1. The van der Waals surface area contributed by atoms with E-state index in [4.69, 9.17) is 14.2 Å². The fourth-order valence-electron chi connectivity index (χ4n) is 6.29. The van der Waals surface area contributed by atoms with Crippen molar-refractivity contribution in [3.63, 3.8) is 0 Å². The van der Waals surface area contributed by atoms with Crippen molar-refractivity contribution in [3.05, 3.63) is 36.5 Å². The van der Waals surface area contributed by atoms with E-state index in [0.29, 0.717) is 19.3 Å². The minimum Gasteiger partial charge on any atom is -0.477 e. The number of quaternary nitrogens is 1. The predicted molar refractivity (Wildman–Crippen MR) is 225 cm³/mol. The van der Waals surface area contributed by atoms with Crippen molar-refractivity contribution < 1.29 is 38.2 Å². The molecule has 0 bridgehead atoms. The molecule has 8 heteroatoms. The highest BCUT2D eigenvalue weighted by Crippen LogP contribution is 2.13. The first-order chi connectivity index (χ1) is 26.1. The maximum Gasteiger partial charge on any atom is 0.362 e. The third kappa shape index (κ3) is 35.3. The van der Waals surface area contributed by atoms with Crippen molar-refractivity contribution in [3.8, 4) is 0 Å². The third-order valence-corrected chi connectivity index (χ3v) is 9.76. The molecule has 0 aliphatic rings. The molecule has 0 aliphatic carbocycles. The molecule has 2 atom stereocenters. The van der Waals surface area contributed by atoms with Gasteiger partial charge in [-0.2, -0.15) is 0 Å². The number of aliphatic carboxylic acids is 1. The zero-order chi connectivity index (χ0) is 40.0. The van der Waals surface area contributed by atoms with Gasteiger partial charge in [-0.05, 0) is 70.6 Å². The molecule has 2 unspecified atom stereocenters. The van der Waals surface area contributed by atoms with Gasteiger partial charge in [0.25, 0.3) is 0 Å². The molecule has 0 rings (SSSR count). The maximum atomic E-state index is 12.7. The van der Waals surface area contributed by atoms with Gasteiger partial charge in [-0.1, -0.05) is 134 Å². The second-order valence-corrected chi connectivity index (χ2v) is 15.9. The van der Waals surface area contributed by atoms with Crippen LogP contribution >= 0.6 is 0 Å². The zero-order valence-corrected chi connectivity index (χ0v) is 35.7. The van der Waals surface area contributed by atoms with Crippen LogP contribution in [-0.4, -0.2) is 80.6 Å². The molecule has 0 aliphatic heterocycles. The molecule has 0 amide bonds. The van der Waals surface area contributed by atoms with E-state index in [1.54, 1.807) is 0 Å². The van der Waals surface area contributed by atoms with E-state index < -0.39 is 18.1 Å². The Morgan fingerprint density at radius 3 is 1.46 bits per heavy atom. The number of carboxylic acids is 1. The largest absolute Gasteiger partial charge is 0.477 e. The van der Waals surface area contributed by atoms with Gasteiger partial charge >= 0.3 is 17.9 Å². The smallest absolute Gasteiger partial charge is 0.362 e. The predicted octanol–water partition coefficient (Wildman–Crippen LogP) is 11.9. The summed E-state index contributed by atoms with van der Waals surface area (Å²) in [6, 6.07) is -0.617. The third-order valence-electron chi connectivity index (χ3n) is 9.76. The summed E-state index contributed by atoms with van der Waals surface area (Å²) in [6.07, 6.45) is 41.8. The summed E-state index contributed by atoms with van der Waals surface area (Å²) in [7, 11) is 5.52. The van der Waals surface area contributed by atoms with Gasteiger partial charge < -0.3 is 23.8 Å². The number of carbonyl (C=O) groups is 3. The van der Waals surface area contributed by atoms with Crippen LogP contribution in [-0.2, 0) is 28.6 Å². The van der Waals surface area contributed by atoms with Gasteiger partial charge in [-0.3, -0.25) is 9.59 Å². The highest BCUT2D eigenvalue weighted by atomic mass is 16.6. The van der Waals surface area contributed by atoms with E-state index in [1.165, 1.54) is 77.0 Å². The lowest BCUT2D eigenvalue weighted by molar-refractivity contribution is -0.887. The molecule has 0 aromatic carbocycles. The van der Waals surface area contributed by atoms with Crippen LogP contribution in [0.25, 0.3) is 0 Å². The van der Waals surface area contributed by atoms with Crippen molar-refractivity contribution in [1.82, 2.24) is 0 Å². The van der Waals surface area contributed by atoms with Crippen molar-refractivity contribution in [2.75, 3.05) is 41.0 Å². The van der Waals surface area contributed by atoms with Crippen molar-refractivity contribution in [1.29, 1.82) is 0 Å². The molecule has 314 valence electrons. The number of allylic oxidation sites excluding steroid dienone is 6. The zero-order valence-electron chi connectivity index (χ0n) is 35.7. The van der Waals surface area contributed by atoms with E-state index in [-0.39, 0.29) is 36.2 Å². The van der Waals surface area contributed by atoms with Crippen molar-refractivity contribution >= 4 is 17.9 Å². The lowest BCUT2D eigenvalue weighted by Gasteiger charge is -2.31. The van der Waals surface area contributed by atoms with E-state index in [2.05, 4.69) is 50.3 Å². The van der Waals surface area contributed by atoms with Gasteiger partial charge in [-0.15, -0.1) is 0 Å². The highest BCUT2D eigenvalue weighted by Gasteiger charge is 2.31. The van der Waals surface area contributed by atoms with Crippen LogP contribution in [0.15, 0.2) is 36.5 Å². The SMILES string of the molecule is CCCCCC/C=C\C/C=C\CCCCCCCC(=O)OC(COCCC(C(=O)O)[N+](C)(C)C)COC(=O)CCCCCCC/C=C\CCCCCCC. The number of nitrogens with zero attached hydrogens (tertiary/aromatic N) is 1. The average Bonchev–Trinajstić information content (AvgIpc) is 3.12. The Balaban J connectivity index is 4.39. The maximum absolute atomic E-state index is 12.7. The summed E-state index contributed by atoms with van der Waals surface area (Å²) in [6.45, 7) is 4.69. The number of likely N-dealkylation sites (N-methyl/N-ethyl adjacent to an activating group) is 1. The Morgan fingerprint density at radius 2 is 0.981 bits per heavy atom. The highest BCUT2D eigenvalue weighted by molar-refractivity contribution is 5.72. The first-order valence-corrected chi connectivity index (χ1v) is 22.0. The standard InChI is InChI=1S/C46H83NO7/c1-6-8-10-12-14-16-18-20-22-23-25-27-29-31-33-35-37-45(49)54-42(40-52-39-38-43(46(50)51)47(3,4)5)41-53-44(48)36-34-32-30-28-26-24-21-19-17-15-13-11-9-7-2/h16,18-19,21-23,42-43H,6-15,17,20,24-41H2,1-5H3/p+1/b18-16-,21-19-,23-22-. The van der Waals surface area contributed by atoms with E-state index in [9.17, 15) is 19.5 Å². The van der Waals surface area contributed by atoms with Crippen LogP contribution in [0.3, 0.4) is 0 Å². The summed E-state index contributed by atoms with van der Waals surface area (Å²) in [4.78, 5) is 36.9. The van der Waals surface area contributed by atoms with Crippen LogP contribution in [0.1, 0.15) is 187 Å². The molecule has 0 saturated carbocycles. The summed E-state index contributed by atoms with van der Waals surface area (Å²) < 4.78 is 17.3. The van der Waals surface area contributed by atoms with Crippen LogP contribution in [0, 0.1) is 0 Å². The molecule has 0 heterocycles. The monoisotopic (exact) mass is 763 g/mol. The number of esters is 2. The molecule has 0 aromatic rings. The first-order valence-electron chi connectivity index (χ1n) is 22.0. The Labute approximate surface area is 332 Å². The fraction of sp³-hybridized carbons (Fsp3) is 0.804. The van der Waals surface area contributed by atoms with Gasteiger partial charge in [0.2, 0.25) is 0 Å². The molecule has 54 heavy (non-hydrogen) atoms. The number of rotatable bonds is 39. The van der Waals surface area contributed by atoms with Gasteiger partial charge in [0.15, 0.2) is 12.1 Å². The van der Waals surface area contributed by atoms with Crippen LogP contribution in [0.4, 0.5) is 0 Å². The van der Waals surface area contributed by atoms with E-state index in [1.807, 2.05) is 21.1 Å². The first kappa shape index (κ1) is 51.5. The molecule has 1 N–H and O–H groups in total. The number of carboxylic acid groups (broad SMARTS) is 1. The quantitative estimate of drug-likeness (QED) is 0.0288. The summed E-state index contributed by atoms with van der Waals surface area (Å²) in [5.74, 6) is -1.49. The summed E-state index contributed by atoms with van der Waals surface area (Å²) in [5, 5.41) is 9.61. The Hall–Kier alpha value is -2.45. The minimum atomic E-state index is -0.879. The number of carbonyl (C=O) groups excluding carboxylic acids is 2. The summed E-state index contributed by atoms with van der Waals surface area (Å²) in [5.41, 5.74) is 0. The number of unbranched alkanes of at least 4 members (excludes halogenated alkanes) is 19. The Bertz CT molecular complexity index is 984. The number of hydrogen-bond donors (Lipinski definition) is 1. The minimum absolute atomic E-state index is 0.0536. The fourth-order valence-corrected chi connectivity index (χ4v) is 6.29. The molecule has 0 radical (unpaired) electrons.